The van der Waals surface area contributed by atoms with Crippen LogP contribution in [0.5, 0.6) is 0 Å². The van der Waals surface area contributed by atoms with Crippen LogP contribution < -0.4 is 5.32 Å². The van der Waals surface area contributed by atoms with E-state index in [0.717, 1.165) is 31.9 Å². The fourth-order valence-corrected chi connectivity index (χ4v) is 2.17. The average Bonchev–Trinajstić information content (AvgIpc) is 2.93. The number of anilines is 1. The van der Waals surface area contributed by atoms with Crippen molar-refractivity contribution in [2.75, 3.05) is 31.7 Å². The van der Waals surface area contributed by atoms with Crippen LogP contribution in [0.4, 0.5) is 5.82 Å². The number of nitrogens with zero attached hydrogens (tertiary/aromatic N) is 2. The van der Waals surface area contributed by atoms with Gasteiger partial charge in [-0.2, -0.15) is 5.10 Å². The van der Waals surface area contributed by atoms with E-state index in [9.17, 15) is 5.11 Å². The second-order valence-corrected chi connectivity index (χ2v) is 5.44. The normalized spacial score (nSPS) is 18.4. The van der Waals surface area contributed by atoms with Crippen molar-refractivity contribution in [1.29, 1.82) is 0 Å². The van der Waals surface area contributed by atoms with Gasteiger partial charge in [-0.25, -0.2) is 0 Å². The third-order valence-electron chi connectivity index (χ3n) is 3.31. The number of aromatic nitrogens is 2. The van der Waals surface area contributed by atoms with Crippen LogP contribution in [0.25, 0.3) is 0 Å². The third-order valence-corrected chi connectivity index (χ3v) is 3.31. The summed E-state index contributed by atoms with van der Waals surface area (Å²) in [7, 11) is 0. The van der Waals surface area contributed by atoms with Crippen molar-refractivity contribution in [2.45, 2.75) is 44.9 Å². The molecular weight excluding hydrogens is 258 g/mol. The van der Waals surface area contributed by atoms with Crippen LogP contribution in [-0.4, -0.2) is 53.5 Å². The summed E-state index contributed by atoms with van der Waals surface area (Å²) < 4.78 is 12.7. The van der Waals surface area contributed by atoms with Crippen LogP contribution in [0.15, 0.2) is 12.3 Å². The molecule has 0 radical (unpaired) electrons. The Hall–Kier alpha value is -1.11. The predicted octanol–water partition coefficient (Wildman–Crippen LogP) is 1.43. The van der Waals surface area contributed by atoms with Gasteiger partial charge in [-0.3, -0.25) is 4.68 Å². The first-order valence-electron chi connectivity index (χ1n) is 7.31. The maximum atomic E-state index is 9.78. The van der Waals surface area contributed by atoms with E-state index in [4.69, 9.17) is 9.47 Å². The highest BCUT2D eigenvalue weighted by atomic mass is 16.5. The zero-order valence-corrected chi connectivity index (χ0v) is 12.3. The average molecular weight is 283 g/mol. The Labute approximate surface area is 120 Å². The maximum Gasteiger partial charge on any atom is 0.148 e. The molecule has 6 heteroatoms. The molecule has 0 aromatic carbocycles. The Balaban J connectivity index is 1.74. The largest absolute Gasteiger partial charge is 0.389 e. The molecule has 1 atom stereocenters. The van der Waals surface area contributed by atoms with Gasteiger partial charge in [-0.05, 0) is 26.7 Å². The van der Waals surface area contributed by atoms with Crippen molar-refractivity contribution in [3.63, 3.8) is 0 Å². The van der Waals surface area contributed by atoms with Gasteiger partial charge in [0.1, 0.15) is 5.82 Å². The number of rotatable bonds is 7. The van der Waals surface area contributed by atoms with Gasteiger partial charge in [0, 0.05) is 32.0 Å². The Bertz CT molecular complexity index is 389. The molecule has 2 rings (SSSR count). The van der Waals surface area contributed by atoms with Crippen LogP contribution in [-0.2, 0) is 9.47 Å². The summed E-state index contributed by atoms with van der Waals surface area (Å²) in [4.78, 5) is 0. The Morgan fingerprint density at radius 1 is 1.50 bits per heavy atom. The van der Waals surface area contributed by atoms with Gasteiger partial charge >= 0.3 is 0 Å². The second-order valence-electron chi connectivity index (χ2n) is 5.44. The van der Waals surface area contributed by atoms with E-state index in [0.29, 0.717) is 19.2 Å². The lowest BCUT2D eigenvalue weighted by atomic mass is 10.1. The number of nitrogens with one attached hydrogen (secondary N) is 1. The molecule has 0 unspecified atom stereocenters. The summed E-state index contributed by atoms with van der Waals surface area (Å²) in [6.45, 7) is 6.30. The lowest BCUT2D eigenvalue weighted by molar-refractivity contribution is 0.0112. The van der Waals surface area contributed by atoms with Crippen LogP contribution in [0.2, 0.25) is 0 Å². The van der Waals surface area contributed by atoms with E-state index in [1.54, 1.807) is 0 Å². The van der Waals surface area contributed by atoms with Crippen molar-refractivity contribution in [3.05, 3.63) is 12.3 Å². The van der Waals surface area contributed by atoms with Gasteiger partial charge in [0.25, 0.3) is 0 Å². The molecule has 2 heterocycles. The molecule has 2 N–H and O–H groups in total. The Morgan fingerprint density at radius 2 is 2.25 bits per heavy atom. The number of ether oxygens (including phenoxy) is 2. The van der Waals surface area contributed by atoms with E-state index < -0.39 is 6.10 Å². The third kappa shape index (κ3) is 4.77. The maximum absolute atomic E-state index is 9.78. The first-order chi connectivity index (χ1) is 9.65. The van der Waals surface area contributed by atoms with Crippen molar-refractivity contribution >= 4 is 5.82 Å². The zero-order chi connectivity index (χ0) is 14.4. The minimum atomic E-state index is -0.523. The van der Waals surface area contributed by atoms with Crippen LogP contribution >= 0.6 is 0 Å². The smallest absolute Gasteiger partial charge is 0.148 e. The van der Waals surface area contributed by atoms with E-state index in [1.165, 1.54) is 0 Å². The van der Waals surface area contributed by atoms with Crippen LogP contribution in [0.3, 0.4) is 0 Å². The number of aliphatic hydroxyl groups is 1. The molecule has 114 valence electrons. The van der Waals surface area contributed by atoms with Gasteiger partial charge in [0.15, 0.2) is 0 Å². The first kappa shape index (κ1) is 15.3. The molecule has 0 bridgehead atoms. The standard InChI is InChI=1S/C14H25N3O3/c1-11(2)20-10-13(18)9-15-14-3-6-17(16-14)12-4-7-19-8-5-12/h3,6,11-13,18H,4-5,7-10H2,1-2H3,(H,15,16)/t13-/m0/s1. The molecule has 0 aliphatic carbocycles. The van der Waals surface area contributed by atoms with Gasteiger partial charge in [0.2, 0.25) is 0 Å². The molecular formula is C14H25N3O3. The molecule has 0 saturated carbocycles. The molecule has 20 heavy (non-hydrogen) atoms. The lowest BCUT2D eigenvalue weighted by Gasteiger charge is -2.22. The molecule has 1 aromatic rings. The highest BCUT2D eigenvalue weighted by Gasteiger charge is 2.16. The van der Waals surface area contributed by atoms with Crippen molar-refractivity contribution in [1.82, 2.24) is 9.78 Å². The summed E-state index contributed by atoms with van der Waals surface area (Å²) in [5.74, 6) is 0.792. The SMILES string of the molecule is CC(C)OC[C@@H](O)CNc1ccn(C2CCOCC2)n1. The predicted molar refractivity (Wildman–Crippen MR) is 76.9 cm³/mol. The summed E-state index contributed by atoms with van der Waals surface area (Å²) in [5, 5.41) is 17.4. The first-order valence-corrected chi connectivity index (χ1v) is 7.31. The Morgan fingerprint density at radius 3 is 2.95 bits per heavy atom. The van der Waals surface area contributed by atoms with E-state index in [2.05, 4.69) is 10.4 Å². The van der Waals surface area contributed by atoms with Crippen molar-refractivity contribution in [2.24, 2.45) is 0 Å². The van der Waals surface area contributed by atoms with Crippen molar-refractivity contribution in [3.8, 4) is 0 Å². The summed E-state index contributed by atoms with van der Waals surface area (Å²) in [6, 6.07) is 2.36. The molecule has 1 aromatic heterocycles. The minimum Gasteiger partial charge on any atom is -0.389 e. The molecule has 6 nitrogen and oxygen atoms in total. The van der Waals surface area contributed by atoms with Crippen molar-refractivity contribution < 1.29 is 14.6 Å². The fourth-order valence-electron chi connectivity index (χ4n) is 2.17. The summed E-state index contributed by atoms with van der Waals surface area (Å²) in [5.41, 5.74) is 0. The molecule has 1 aliphatic rings. The highest BCUT2D eigenvalue weighted by molar-refractivity contribution is 5.32. The van der Waals surface area contributed by atoms with Crippen LogP contribution in [0, 0.1) is 0 Å². The monoisotopic (exact) mass is 283 g/mol. The topological polar surface area (TPSA) is 68.5 Å². The number of hydrogen-bond donors (Lipinski definition) is 2. The Kier molecular flexibility index (Phi) is 5.82. The fraction of sp³-hybridized carbons (Fsp3) is 0.786. The van der Waals surface area contributed by atoms with Gasteiger partial charge in [-0.1, -0.05) is 0 Å². The van der Waals surface area contributed by atoms with Crippen LogP contribution in [0.1, 0.15) is 32.7 Å². The van der Waals surface area contributed by atoms with Gasteiger partial charge < -0.3 is 19.9 Å². The van der Waals surface area contributed by atoms with Gasteiger partial charge in [0.05, 0.1) is 24.9 Å². The number of aliphatic hydroxyl groups excluding tert-OH is 1. The number of hydrogen-bond acceptors (Lipinski definition) is 5. The zero-order valence-electron chi connectivity index (χ0n) is 12.3. The van der Waals surface area contributed by atoms with E-state index in [-0.39, 0.29) is 6.10 Å². The molecule has 1 saturated heterocycles. The molecule has 1 aliphatic heterocycles. The summed E-state index contributed by atoms with van der Waals surface area (Å²) >= 11 is 0. The molecule has 1 fully saturated rings. The second kappa shape index (κ2) is 7.61. The van der Waals surface area contributed by atoms with Gasteiger partial charge in [-0.15, -0.1) is 0 Å². The van der Waals surface area contributed by atoms with E-state index in [1.807, 2.05) is 30.8 Å². The highest BCUT2D eigenvalue weighted by Crippen LogP contribution is 2.20. The molecule has 0 spiro atoms. The minimum absolute atomic E-state index is 0.136. The quantitative estimate of drug-likeness (QED) is 0.792. The molecule has 0 amide bonds. The summed E-state index contributed by atoms with van der Waals surface area (Å²) in [6.07, 6.45) is 3.61. The lowest BCUT2D eigenvalue weighted by Crippen LogP contribution is -2.26. The van der Waals surface area contributed by atoms with E-state index >= 15 is 0 Å².